The second-order valence-electron chi connectivity index (χ2n) is 4.97. The van der Waals surface area contributed by atoms with Crippen molar-refractivity contribution in [2.75, 3.05) is 10.8 Å². The summed E-state index contributed by atoms with van der Waals surface area (Å²) in [5, 5.41) is 7.99. The number of nitrogens with one attached hydrogen (secondary N) is 1. The summed E-state index contributed by atoms with van der Waals surface area (Å²) in [7, 11) is -3.65. The van der Waals surface area contributed by atoms with Crippen LogP contribution in [0.25, 0.3) is 11.3 Å². The van der Waals surface area contributed by atoms with E-state index in [1.807, 2.05) is 6.07 Å². The Bertz CT molecular complexity index is 974. The number of hydrogen-bond acceptors (Lipinski definition) is 5. The number of aromatic amines is 1. The van der Waals surface area contributed by atoms with Gasteiger partial charge in [-0.3, -0.25) is 9.10 Å². The van der Waals surface area contributed by atoms with Crippen molar-refractivity contribution in [3.05, 3.63) is 64.3 Å². The first-order valence-corrected chi connectivity index (χ1v) is 9.57. The normalized spacial score (nSPS) is 11.4. The van der Waals surface area contributed by atoms with Crippen molar-refractivity contribution < 1.29 is 8.42 Å². The molecule has 2 heterocycles. The lowest BCUT2D eigenvalue weighted by Crippen LogP contribution is -2.30. The molecule has 1 aromatic carbocycles. The summed E-state index contributed by atoms with van der Waals surface area (Å²) in [6.45, 7) is 2.12. The Balaban J connectivity index is 1.98. The third kappa shape index (κ3) is 3.10. The molecule has 0 atom stereocenters. The van der Waals surface area contributed by atoms with Gasteiger partial charge in [0.1, 0.15) is 4.21 Å². The number of thiophene rings is 1. The van der Waals surface area contributed by atoms with E-state index in [1.54, 1.807) is 48.7 Å². The van der Waals surface area contributed by atoms with Gasteiger partial charge < -0.3 is 0 Å². The maximum Gasteiger partial charge on any atom is 0.273 e. The van der Waals surface area contributed by atoms with Gasteiger partial charge >= 0.3 is 0 Å². The van der Waals surface area contributed by atoms with Gasteiger partial charge in [-0.15, -0.1) is 11.3 Å². The first-order valence-electron chi connectivity index (χ1n) is 7.25. The predicted molar refractivity (Wildman–Crippen MR) is 94.8 cm³/mol. The summed E-state index contributed by atoms with van der Waals surface area (Å²) in [4.78, 5) is 11.1. The fourth-order valence-corrected chi connectivity index (χ4v) is 5.05. The molecule has 1 N–H and O–H groups in total. The van der Waals surface area contributed by atoms with Crippen LogP contribution in [-0.4, -0.2) is 25.2 Å². The second-order valence-corrected chi connectivity index (χ2v) is 7.97. The van der Waals surface area contributed by atoms with Crippen LogP contribution in [0.15, 0.2) is 62.9 Å². The first kappa shape index (κ1) is 16.4. The largest absolute Gasteiger partial charge is 0.273 e. The number of anilines is 1. The minimum atomic E-state index is -3.65. The van der Waals surface area contributed by atoms with Crippen LogP contribution in [-0.2, 0) is 10.0 Å². The molecule has 2 aromatic heterocycles. The summed E-state index contributed by atoms with van der Waals surface area (Å²) >= 11 is 1.13. The van der Waals surface area contributed by atoms with Crippen molar-refractivity contribution in [3.63, 3.8) is 0 Å². The zero-order chi connectivity index (χ0) is 17.2. The molecule has 0 unspecified atom stereocenters. The second kappa shape index (κ2) is 6.58. The van der Waals surface area contributed by atoms with Gasteiger partial charge in [0.15, 0.2) is 0 Å². The summed E-state index contributed by atoms with van der Waals surface area (Å²) in [6.07, 6.45) is 0. The molecule has 0 fully saturated rings. The molecule has 0 aliphatic heterocycles. The highest BCUT2D eigenvalue weighted by Gasteiger charge is 2.25. The monoisotopic (exact) mass is 361 g/mol. The van der Waals surface area contributed by atoms with E-state index in [4.69, 9.17) is 0 Å². The minimum absolute atomic E-state index is 0.233. The summed E-state index contributed by atoms with van der Waals surface area (Å²) < 4.78 is 27.4. The average Bonchev–Trinajstić information content (AvgIpc) is 3.08. The van der Waals surface area contributed by atoms with Crippen molar-refractivity contribution >= 4 is 27.0 Å². The number of nitrogens with zero attached hydrogens (tertiary/aromatic N) is 2. The van der Waals surface area contributed by atoms with Crippen LogP contribution in [0.3, 0.4) is 0 Å². The molecular formula is C16H15N3O3S2. The third-order valence-corrected chi connectivity index (χ3v) is 6.74. The molecular weight excluding hydrogens is 346 g/mol. The van der Waals surface area contributed by atoms with Crippen LogP contribution in [0.2, 0.25) is 0 Å². The van der Waals surface area contributed by atoms with Crippen molar-refractivity contribution in [1.29, 1.82) is 0 Å². The molecule has 24 heavy (non-hydrogen) atoms. The summed E-state index contributed by atoms with van der Waals surface area (Å²) in [5.41, 5.74) is 1.49. The Kier molecular flexibility index (Phi) is 4.50. The number of para-hydroxylation sites is 1. The highest BCUT2D eigenvalue weighted by molar-refractivity contribution is 7.94. The molecule has 0 bridgehead atoms. The molecule has 0 aliphatic carbocycles. The van der Waals surface area contributed by atoms with E-state index in [0.29, 0.717) is 23.5 Å². The van der Waals surface area contributed by atoms with Crippen LogP contribution < -0.4 is 9.86 Å². The molecule has 0 saturated heterocycles. The van der Waals surface area contributed by atoms with E-state index in [-0.39, 0.29) is 9.77 Å². The van der Waals surface area contributed by atoms with Gasteiger partial charge in [0.05, 0.1) is 11.4 Å². The number of sulfonamides is 1. The van der Waals surface area contributed by atoms with E-state index in [2.05, 4.69) is 10.2 Å². The molecule has 0 aliphatic rings. The van der Waals surface area contributed by atoms with Crippen LogP contribution in [0.1, 0.15) is 6.92 Å². The smallest absolute Gasteiger partial charge is 0.268 e. The summed E-state index contributed by atoms with van der Waals surface area (Å²) in [6, 6.07) is 13.5. The number of rotatable bonds is 5. The van der Waals surface area contributed by atoms with Gasteiger partial charge in [-0.1, -0.05) is 18.2 Å². The zero-order valence-corrected chi connectivity index (χ0v) is 14.5. The van der Waals surface area contributed by atoms with Crippen molar-refractivity contribution in [2.45, 2.75) is 11.1 Å². The molecule has 0 saturated carbocycles. The van der Waals surface area contributed by atoms with Crippen LogP contribution in [0.4, 0.5) is 5.69 Å². The maximum atomic E-state index is 12.9. The Morgan fingerprint density at radius 2 is 1.92 bits per heavy atom. The zero-order valence-electron chi connectivity index (χ0n) is 12.8. The van der Waals surface area contributed by atoms with Gasteiger partial charge in [0.2, 0.25) is 0 Å². The molecule has 124 valence electrons. The topological polar surface area (TPSA) is 83.1 Å². The van der Waals surface area contributed by atoms with Gasteiger partial charge in [0.25, 0.3) is 15.6 Å². The molecule has 6 nitrogen and oxygen atoms in total. The Labute approximate surface area is 143 Å². The molecule has 0 radical (unpaired) electrons. The van der Waals surface area contributed by atoms with Crippen LogP contribution in [0, 0.1) is 0 Å². The van der Waals surface area contributed by atoms with E-state index in [1.165, 1.54) is 10.4 Å². The SMILES string of the molecule is CCN(c1ccccc1)S(=O)(=O)c1cc(-c2ccc(=O)[nH]n2)cs1. The number of H-pyrrole nitrogens is 1. The average molecular weight is 361 g/mol. The lowest BCUT2D eigenvalue weighted by molar-refractivity contribution is 0.594. The Morgan fingerprint density at radius 3 is 2.54 bits per heavy atom. The molecule has 8 heteroatoms. The molecule has 3 aromatic rings. The number of hydrogen-bond donors (Lipinski definition) is 1. The van der Waals surface area contributed by atoms with E-state index in [0.717, 1.165) is 11.3 Å². The quantitative estimate of drug-likeness (QED) is 0.757. The van der Waals surface area contributed by atoms with Crippen LogP contribution >= 0.6 is 11.3 Å². The highest BCUT2D eigenvalue weighted by Crippen LogP contribution is 2.31. The summed E-state index contributed by atoms with van der Waals surface area (Å²) in [5.74, 6) is 0. The van der Waals surface area contributed by atoms with E-state index < -0.39 is 10.0 Å². The predicted octanol–water partition coefficient (Wildman–Crippen LogP) is 2.71. The van der Waals surface area contributed by atoms with Gasteiger partial charge in [-0.25, -0.2) is 13.5 Å². The van der Waals surface area contributed by atoms with Gasteiger partial charge in [-0.05, 0) is 31.2 Å². The lowest BCUT2D eigenvalue weighted by atomic mass is 10.2. The Morgan fingerprint density at radius 1 is 1.17 bits per heavy atom. The van der Waals surface area contributed by atoms with Crippen molar-refractivity contribution in [1.82, 2.24) is 10.2 Å². The van der Waals surface area contributed by atoms with Crippen molar-refractivity contribution in [2.24, 2.45) is 0 Å². The molecule has 3 rings (SSSR count). The number of aromatic nitrogens is 2. The minimum Gasteiger partial charge on any atom is -0.268 e. The van der Waals surface area contributed by atoms with E-state index in [9.17, 15) is 13.2 Å². The van der Waals surface area contributed by atoms with Gasteiger partial charge in [0, 0.05) is 23.6 Å². The third-order valence-electron chi connectivity index (χ3n) is 3.43. The molecule has 0 amide bonds. The van der Waals surface area contributed by atoms with Crippen LogP contribution in [0.5, 0.6) is 0 Å². The molecule has 0 spiro atoms. The van der Waals surface area contributed by atoms with Gasteiger partial charge in [-0.2, -0.15) is 5.10 Å². The number of benzene rings is 1. The fraction of sp³-hybridized carbons (Fsp3) is 0.125. The highest BCUT2D eigenvalue weighted by atomic mass is 32.2. The Hall–Kier alpha value is -2.45. The lowest BCUT2D eigenvalue weighted by Gasteiger charge is -2.21. The maximum absolute atomic E-state index is 12.9. The van der Waals surface area contributed by atoms with E-state index >= 15 is 0 Å². The van der Waals surface area contributed by atoms with Crippen molar-refractivity contribution in [3.8, 4) is 11.3 Å². The first-order chi connectivity index (χ1) is 11.5. The standard InChI is InChI=1S/C16H15N3O3S2/c1-2-19(13-6-4-3-5-7-13)24(21,22)16-10-12(11-23-16)14-8-9-15(20)18-17-14/h3-11H,2H2,1H3,(H,18,20). The fourth-order valence-electron chi connectivity index (χ4n) is 2.29.